The van der Waals surface area contributed by atoms with Gasteiger partial charge in [-0.25, -0.2) is 0 Å². The Labute approximate surface area is 144 Å². The van der Waals surface area contributed by atoms with Crippen LogP contribution in [0.15, 0.2) is 12.2 Å². The molecule has 0 bridgehead atoms. The normalized spacial score (nSPS) is 56.5. The molecule has 1 saturated heterocycles. The summed E-state index contributed by atoms with van der Waals surface area (Å²) in [7, 11) is 0. The number of carbonyl (C=O) groups excluding carboxylic acids is 1. The van der Waals surface area contributed by atoms with E-state index in [0.29, 0.717) is 23.0 Å². The molecule has 0 amide bonds. The van der Waals surface area contributed by atoms with Gasteiger partial charge in [0.05, 0.1) is 13.2 Å². The maximum Gasteiger partial charge on any atom is 0.174 e. The number of carbonyl (C=O) groups is 1. The Hall–Kier alpha value is -0.670. The van der Waals surface area contributed by atoms with Crippen molar-refractivity contribution >= 4 is 5.78 Å². The molecule has 5 fully saturated rings. The molecule has 0 radical (unpaired) electrons. The van der Waals surface area contributed by atoms with E-state index in [2.05, 4.69) is 19.1 Å². The van der Waals surface area contributed by atoms with Crippen molar-refractivity contribution in [3.05, 3.63) is 12.2 Å². The van der Waals surface area contributed by atoms with Crippen LogP contribution >= 0.6 is 0 Å². The zero-order valence-electron chi connectivity index (χ0n) is 14.7. The maximum absolute atomic E-state index is 12.0. The second-order valence-corrected chi connectivity index (χ2v) is 9.80. The molecule has 6 atom stereocenters. The fraction of sp³-hybridized carbons (Fsp3) is 0.857. The van der Waals surface area contributed by atoms with Gasteiger partial charge in [0.2, 0.25) is 0 Å². The zero-order chi connectivity index (χ0) is 16.2. The first-order chi connectivity index (χ1) is 11.5. The van der Waals surface area contributed by atoms with Crippen LogP contribution < -0.4 is 0 Å². The van der Waals surface area contributed by atoms with E-state index in [4.69, 9.17) is 9.47 Å². The predicted molar refractivity (Wildman–Crippen MR) is 89.2 cm³/mol. The SMILES string of the molecule is CC12CCC3C(C=CC45CC(=O)CCC34C5)C1CCC21OCCO1. The van der Waals surface area contributed by atoms with E-state index < -0.39 is 0 Å². The summed E-state index contributed by atoms with van der Waals surface area (Å²) in [4.78, 5) is 12.0. The van der Waals surface area contributed by atoms with Crippen LogP contribution in [0.5, 0.6) is 0 Å². The number of ketones is 1. The predicted octanol–water partition coefficient (Wildman–Crippen LogP) is 3.87. The molecule has 24 heavy (non-hydrogen) atoms. The molecule has 3 nitrogen and oxygen atoms in total. The van der Waals surface area contributed by atoms with E-state index in [1.54, 1.807) is 0 Å². The summed E-state index contributed by atoms with van der Waals surface area (Å²) in [6, 6.07) is 0. The lowest BCUT2D eigenvalue weighted by Gasteiger charge is -2.54. The standard InChI is InChI=1S/C21H28O3/c1-18-6-4-17-15(16(18)5-9-21(18)23-10-11-24-21)3-7-19-12-14(22)2-8-20(17,19)13-19/h3,7,15-17H,2,4-6,8-13H2,1H3. The second kappa shape index (κ2) is 4.17. The summed E-state index contributed by atoms with van der Waals surface area (Å²) in [5.41, 5.74) is 0.897. The van der Waals surface area contributed by atoms with Crippen molar-refractivity contribution in [1.29, 1.82) is 0 Å². The van der Waals surface area contributed by atoms with E-state index in [1.165, 1.54) is 25.7 Å². The van der Waals surface area contributed by atoms with Gasteiger partial charge >= 0.3 is 0 Å². The van der Waals surface area contributed by atoms with Crippen molar-refractivity contribution < 1.29 is 14.3 Å². The number of hydrogen-bond acceptors (Lipinski definition) is 3. The van der Waals surface area contributed by atoms with Gasteiger partial charge in [0.1, 0.15) is 5.78 Å². The zero-order valence-corrected chi connectivity index (χ0v) is 14.7. The minimum absolute atomic E-state index is 0.172. The summed E-state index contributed by atoms with van der Waals surface area (Å²) in [6.45, 7) is 3.97. The fourth-order valence-electron chi connectivity index (χ4n) is 8.16. The van der Waals surface area contributed by atoms with Gasteiger partial charge in [-0.2, -0.15) is 0 Å². The molecule has 0 N–H and O–H groups in total. The smallest absolute Gasteiger partial charge is 0.174 e. The molecule has 6 aliphatic rings. The van der Waals surface area contributed by atoms with Crippen LogP contribution in [0.4, 0.5) is 0 Å². The first-order valence-electron chi connectivity index (χ1n) is 10.0. The van der Waals surface area contributed by atoms with Crippen LogP contribution in [-0.2, 0) is 14.3 Å². The average Bonchev–Trinajstić information content (AvgIpc) is 2.86. The summed E-state index contributed by atoms with van der Waals surface area (Å²) < 4.78 is 12.4. The molecule has 130 valence electrons. The molecule has 0 aromatic heterocycles. The van der Waals surface area contributed by atoms with Gasteiger partial charge in [-0.15, -0.1) is 0 Å². The lowest BCUT2D eigenvalue weighted by molar-refractivity contribution is -0.239. The van der Waals surface area contributed by atoms with Crippen LogP contribution in [0.25, 0.3) is 0 Å². The molecule has 3 heteroatoms. The molecular weight excluding hydrogens is 300 g/mol. The summed E-state index contributed by atoms with van der Waals surface area (Å²) in [6.07, 6.45) is 13.9. The maximum atomic E-state index is 12.0. The number of Topliss-reactive ketones (excluding diaryl/α,β-unsaturated/α-hetero) is 1. The third kappa shape index (κ3) is 1.40. The van der Waals surface area contributed by atoms with Crippen LogP contribution in [-0.4, -0.2) is 24.8 Å². The van der Waals surface area contributed by atoms with Gasteiger partial charge in [0.25, 0.3) is 0 Å². The van der Waals surface area contributed by atoms with Crippen molar-refractivity contribution in [1.82, 2.24) is 0 Å². The quantitative estimate of drug-likeness (QED) is 0.633. The van der Waals surface area contributed by atoms with Crippen molar-refractivity contribution in [2.24, 2.45) is 34.0 Å². The highest BCUT2D eigenvalue weighted by molar-refractivity contribution is 5.82. The van der Waals surface area contributed by atoms with Gasteiger partial charge in [0, 0.05) is 30.1 Å². The summed E-state index contributed by atoms with van der Waals surface area (Å²) in [5, 5.41) is 0. The Morgan fingerprint density at radius 2 is 1.88 bits per heavy atom. The van der Waals surface area contributed by atoms with Gasteiger partial charge in [-0.05, 0) is 55.3 Å². The molecule has 5 aliphatic carbocycles. The number of allylic oxidation sites excluding steroid dienone is 2. The van der Waals surface area contributed by atoms with Gasteiger partial charge in [0.15, 0.2) is 5.79 Å². The summed E-state index contributed by atoms with van der Waals surface area (Å²) in [5.74, 6) is 2.37. The number of fused-ring (bicyclic) bond motifs is 4. The largest absolute Gasteiger partial charge is 0.347 e. The highest BCUT2D eigenvalue weighted by Gasteiger charge is 2.76. The lowest BCUT2D eigenvalue weighted by Crippen LogP contribution is -2.53. The molecule has 6 unspecified atom stereocenters. The Bertz CT molecular complexity index is 643. The first-order valence-corrected chi connectivity index (χ1v) is 10.0. The Morgan fingerprint density at radius 1 is 1.08 bits per heavy atom. The lowest BCUT2D eigenvalue weighted by atomic mass is 9.52. The monoisotopic (exact) mass is 328 g/mol. The van der Waals surface area contributed by atoms with E-state index in [0.717, 1.165) is 44.8 Å². The van der Waals surface area contributed by atoms with Gasteiger partial charge in [-0.3, -0.25) is 4.79 Å². The first kappa shape index (κ1) is 14.5. The molecule has 0 aromatic rings. The third-order valence-corrected chi connectivity index (χ3v) is 9.34. The topological polar surface area (TPSA) is 35.5 Å². The molecule has 6 rings (SSSR count). The Morgan fingerprint density at radius 3 is 2.71 bits per heavy atom. The van der Waals surface area contributed by atoms with Crippen LogP contribution in [0.2, 0.25) is 0 Å². The number of rotatable bonds is 0. The second-order valence-electron chi connectivity index (χ2n) is 9.80. The van der Waals surface area contributed by atoms with Crippen molar-refractivity contribution in [2.45, 2.75) is 64.1 Å². The number of hydrogen-bond donors (Lipinski definition) is 0. The molecular formula is C21H28O3. The van der Waals surface area contributed by atoms with Crippen molar-refractivity contribution in [2.75, 3.05) is 13.2 Å². The van der Waals surface area contributed by atoms with Crippen molar-refractivity contribution in [3.8, 4) is 0 Å². The van der Waals surface area contributed by atoms with Gasteiger partial charge < -0.3 is 9.47 Å². The molecule has 1 aliphatic heterocycles. The Kier molecular flexibility index (Phi) is 2.52. The van der Waals surface area contributed by atoms with E-state index >= 15 is 0 Å². The van der Waals surface area contributed by atoms with Gasteiger partial charge in [-0.1, -0.05) is 19.1 Å². The van der Waals surface area contributed by atoms with Crippen LogP contribution in [0, 0.1) is 34.0 Å². The molecule has 0 aromatic carbocycles. The van der Waals surface area contributed by atoms with E-state index in [9.17, 15) is 4.79 Å². The average molecular weight is 328 g/mol. The van der Waals surface area contributed by atoms with Crippen LogP contribution in [0.3, 0.4) is 0 Å². The Balaban J connectivity index is 1.39. The van der Waals surface area contributed by atoms with E-state index in [-0.39, 0.29) is 16.6 Å². The van der Waals surface area contributed by atoms with Crippen molar-refractivity contribution in [3.63, 3.8) is 0 Å². The highest BCUT2D eigenvalue weighted by atomic mass is 16.7. The molecule has 1 spiro atoms. The number of ether oxygens (including phenoxy) is 2. The fourth-order valence-corrected chi connectivity index (χ4v) is 8.16. The third-order valence-electron chi connectivity index (χ3n) is 9.34. The van der Waals surface area contributed by atoms with E-state index in [1.807, 2.05) is 0 Å². The molecule has 4 saturated carbocycles. The molecule has 1 heterocycles. The highest BCUT2D eigenvalue weighted by Crippen LogP contribution is 2.81. The minimum atomic E-state index is -0.297. The summed E-state index contributed by atoms with van der Waals surface area (Å²) >= 11 is 0. The minimum Gasteiger partial charge on any atom is -0.347 e. The van der Waals surface area contributed by atoms with Crippen LogP contribution in [0.1, 0.15) is 58.3 Å².